The predicted molar refractivity (Wildman–Crippen MR) is 94.9 cm³/mol. The third kappa shape index (κ3) is 4.20. The summed E-state index contributed by atoms with van der Waals surface area (Å²) < 4.78 is 19.2. The monoisotopic (exact) mass is 345 g/mol. The molecule has 1 aromatic heterocycles. The van der Waals surface area contributed by atoms with Crippen molar-refractivity contribution in [1.82, 2.24) is 10.6 Å². The Kier molecular flexibility index (Phi) is 5.08. The molecule has 1 fully saturated rings. The number of furan rings is 1. The molecule has 0 bridgehead atoms. The zero-order valence-corrected chi connectivity index (χ0v) is 14.5. The van der Waals surface area contributed by atoms with E-state index in [0.29, 0.717) is 18.3 Å². The molecule has 0 saturated heterocycles. The lowest BCUT2D eigenvalue weighted by molar-refractivity contribution is 0.0437. The van der Waals surface area contributed by atoms with E-state index in [1.807, 2.05) is 19.1 Å². The Hall–Kier alpha value is -2.34. The lowest BCUT2D eigenvalue weighted by Gasteiger charge is -2.19. The van der Waals surface area contributed by atoms with Gasteiger partial charge in [-0.05, 0) is 44.0 Å². The van der Waals surface area contributed by atoms with Crippen LogP contribution in [0.3, 0.4) is 0 Å². The third-order valence-electron chi connectivity index (χ3n) is 4.36. The van der Waals surface area contributed by atoms with Gasteiger partial charge in [0.2, 0.25) is 0 Å². The van der Waals surface area contributed by atoms with Gasteiger partial charge in [0.25, 0.3) is 0 Å². The van der Waals surface area contributed by atoms with Gasteiger partial charge in [0.15, 0.2) is 5.96 Å². The summed E-state index contributed by atoms with van der Waals surface area (Å²) in [5.41, 5.74) is -0.446. The summed E-state index contributed by atoms with van der Waals surface area (Å²) in [6.45, 7) is 4.50. The van der Waals surface area contributed by atoms with Crippen LogP contribution < -0.4 is 10.6 Å². The van der Waals surface area contributed by atoms with Gasteiger partial charge in [0.05, 0.1) is 12.8 Å². The number of aliphatic imine (C=N–C) groups is 1. The molecule has 0 radical (unpaired) electrons. The van der Waals surface area contributed by atoms with Crippen LogP contribution in [0, 0.1) is 5.82 Å². The maximum Gasteiger partial charge on any atom is 0.191 e. The minimum absolute atomic E-state index is 0.142. The zero-order valence-electron chi connectivity index (χ0n) is 14.5. The molecule has 1 aliphatic carbocycles. The van der Waals surface area contributed by atoms with Gasteiger partial charge in [-0.25, -0.2) is 9.38 Å². The van der Waals surface area contributed by atoms with Crippen LogP contribution in [0.5, 0.6) is 0 Å². The molecule has 1 aliphatic rings. The van der Waals surface area contributed by atoms with Crippen molar-refractivity contribution in [3.63, 3.8) is 0 Å². The van der Waals surface area contributed by atoms with Crippen LogP contribution in [0.25, 0.3) is 0 Å². The van der Waals surface area contributed by atoms with Crippen molar-refractivity contribution in [3.05, 3.63) is 59.8 Å². The number of halogens is 1. The third-order valence-corrected chi connectivity index (χ3v) is 4.36. The summed E-state index contributed by atoms with van der Waals surface area (Å²) >= 11 is 0. The average Bonchev–Trinajstić information content (AvgIpc) is 3.10. The first-order chi connectivity index (χ1) is 12.0. The van der Waals surface area contributed by atoms with Crippen molar-refractivity contribution in [2.45, 2.75) is 37.8 Å². The number of benzene rings is 1. The fraction of sp³-hybridized carbons (Fsp3) is 0.421. The van der Waals surface area contributed by atoms with Crippen LogP contribution in [-0.4, -0.2) is 30.2 Å². The lowest BCUT2D eigenvalue weighted by atomic mass is 10.0. The highest BCUT2D eigenvalue weighted by Crippen LogP contribution is 2.41. The molecule has 5 nitrogen and oxygen atoms in total. The molecule has 1 heterocycles. The number of guanidine groups is 1. The average molecular weight is 345 g/mol. The Morgan fingerprint density at radius 2 is 2.16 bits per heavy atom. The second-order valence-corrected chi connectivity index (χ2v) is 6.56. The molecule has 1 aromatic carbocycles. The van der Waals surface area contributed by atoms with E-state index in [1.54, 1.807) is 25.1 Å². The topological polar surface area (TPSA) is 69.8 Å². The standard InChI is InChI=1S/C19H24FN3O2/c1-3-21-18(22-12-19(2,24)17-9-6-10-25-17)23-16-11-14(16)13-7-4-5-8-15(13)20/h4-10,14,16,24H,3,11-12H2,1-2H3,(H2,21,22,23). The summed E-state index contributed by atoms with van der Waals surface area (Å²) in [6, 6.07) is 10.5. The molecule has 0 amide bonds. The van der Waals surface area contributed by atoms with Gasteiger partial charge in [-0.2, -0.15) is 0 Å². The Morgan fingerprint density at radius 1 is 1.36 bits per heavy atom. The van der Waals surface area contributed by atoms with Crippen molar-refractivity contribution in [1.29, 1.82) is 0 Å². The molecule has 3 N–H and O–H groups in total. The van der Waals surface area contributed by atoms with E-state index in [0.717, 1.165) is 12.0 Å². The van der Waals surface area contributed by atoms with Crippen LogP contribution in [-0.2, 0) is 5.60 Å². The van der Waals surface area contributed by atoms with Gasteiger partial charge in [0.1, 0.15) is 17.2 Å². The van der Waals surface area contributed by atoms with E-state index < -0.39 is 5.60 Å². The first-order valence-corrected chi connectivity index (χ1v) is 8.57. The summed E-state index contributed by atoms with van der Waals surface area (Å²) in [5, 5.41) is 17.0. The first kappa shape index (κ1) is 17.5. The summed E-state index contributed by atoms with van der Waals surface area (Å²) in [5.74, 6) is 1.07. The molecule has 1 saturated carbocycles. The maximum atomic E-state index is 13.9. The molecular formula is C19H24FN3O2. The molecule has 0 spiro atoms. The molecular weight excluding hydrogens is 321 g/mol. The van der Waals surface area contributed by atoms with Crippen LogP contribution in [0.2, 0.25) is 0 Å². The highest BCUT2D eigenvalue weighted by Gasteiger charge is 2.40. The number of hydrogen-bond donors (Lipinski definition) is 3. The minimum atomic E-state index is -1.18. The van der Waals surface area contributed by atoms with Crippen molar-refractivity contribution < 1.29 is 13.9 Å². The van der Waals surface area contributed by atoms with Crippen molar-refractivity contribution >= 4 is 5.96 Å². The Bertz CT molecular complexity index is 728. The van der Waals surface area contributed by atoms with E-state index in [-0.39, 0.29) is 24.3 Å². The van der Waals surface area contributed by atoms with Gasteiger partial charge >= 0.3 is 0 Å². The second kappa shape index (κ2) is 7.27. The number of hydrogen-bond acceptors (Lipinski definition) is 3. The maximum absolute atomic E-state index is 13.9. The fourth-order valence-corrected chi connectivity index (χ4v) is 2.87. The van der Waals surface area contributed by atoms with Crippen molar-refractivity contribution in [3.8, 4) is 0 Å². The summed E-state index contributed by atoms with van der Waals surface area (Å²) in [7, 11) is 0. The largest absolute Gasteiger partial charge is 0.466 e. The second-order valence-electron chi connectivity index (χ2n) is 6.56. The Morgan fingerprint density at radius 3 is 2.84 bits per heavy atom. The van der Waals surface area contributed by atoms with E-state index in [2.05, 4.69) is 15.6 Å². The van der Waals surface area contributed by atoms with Crippen LogP contribution in [0.4, 0.5) is 4.39 Å². The van der Waals surface area contributed by atoms with Crippen LogP contribution in [0.15, 0.2) is 52.1 Å². The lowest BCUT2D eigenvalue weighted by Crippen LogP contribution is -2.40. The highest BCUT2D eigenvalue weighted by molar-refractivity contribution is 5.80. The molecule has 25 heavy (non-hydrogen) atoms. The molecule has 0 aliphatic heterocycles. The first-order valence-electron chi connectivity index (χ1n) is 8.57. The van der Waals surface area contributed by atoms with Crippen molar-refractivity contribution in [2.24, 2.45) is 4.99 Å². The van der Waals surface area contributed by atoms with E-state index in [1.165, 1.54) is 12.3 Å². The van der Waals surface area contributed by atoms with Gasteiger partial charge in [0, 0.05) is 18.5 Å². The van der Waals surface area contributed by atoms with Gasteiger partial charge < -0.3 is 20.2 Å². The Balaban J connectivity index is 1.63. The van der Waals surface area contributed by atoms with E-state index in [9.17, 15) is 9.50 Å². The highest BCUT2D eigenvalue weighted by atomic mass is 19.1. The van der Waals surface area contributed by atoms with Gasteiger partial charge in [-0.15, -0.1) is 0 Å². The molecule has 3 atom stereocenters. The molecule has 3 unspecified atom stereocenters. The SMILES string of the molecule is CCNC(=NCC(C)(O)c1ccco1)NC1CC1c1ccccc1F. The summed E-state index contributed by atoms with van der Waals surface area (Å²) in [4.78, 5) is 4.46. The van der Waals surface area contributed by atoms with Crippen LogP contribution >= 0.6 is 0 Å². The quantitative estimate of drug-likeness (QED) is 0.556. The van der Waals surface area contributed by atoms with E-state index in [4.69, 9.17) is 4.42 Å². The van der Waals surface area contributed by atoms with Gasteiger partial charge in [-0.1, -0.05) is 18.2 Å². The Labute approximate surface area is 147 Å². The smallest absolute Gasteiger partial charge is 0.191 e. The van der Waals surface area contributed by atoms with E-state index >= 15 is 0 Å². The number of rotatable bonds is 6. The van der Waals surface area contributed by atoms with Crippen molar-refractivity contribution in [2.75, 3.05) is 13.1 Å². The molecule has 3 rings (SSSR count). The van der Waals surface area contributed by atoms with Crippen LogP contribution in [0.1, 0.15) is 37.5 Å². The number of nitrogens with zero attached hydrogens (tertiary/aromatic N) is 1. The van der Waals surface area contributed by atoms with Gasteiger partial charge in [-0.3, -0.25) is 0 Å². The minimum Gasteiger partial charge on any atom is -0.466 e. The number of nitrogens with one attached hydrogen (secondary N) is 2. The molecule has 134 valence electrons. The molecule has 6 heteroatoms. The summed E-state index contributed by atoms with van der Waals surface area (Å²) in [6.07, 6.45) is 2.39. The fourth-order valence-electron chi connectivity index (χ4n) is 2.87. The normalized spacial score (nSPS) is 22.3. The number of aliphatic hydroxyl groups is 1. The predicted octanol–water partition coefficient (Wildman–Crippen LogP) is 2.74. The zero-order chi connectivity index (χ0) is 17.9. The molecule has 2 aromatic rings.